The quantitative estimate of drug-likeness (QED) is 0.596. The predicted molar refractivity (Wildman–Crippen MR) is 117 cm³/mol. The van der Waals surface area contributed by atoms with Crippen molar-refractivity contribution in [3.8, 4) is 11.5 Å². The van der Waals surface area contributed by atoms with Gasteiger partial charge in [-0.25, -0.2) is 4.68 Å². The van der Waals surface area contributed by atoms with Crippen molar-refractivity contribution < 1.29 is 9.47 Å². The van der Waals surface area contributed by atoms with E-state index in [9.17, 15) is 4.79 Å². The average molecular weight is 422 g/mol. The van der Waals surface area contributed by atoms with Crippen molar-refractivity contribution in [3.05, 3.63) is 51.4 Å². The number of nitrogens with zero attached hydrogens (tertiary/aromatic N) is 3. The van der Waals surface area contributed by atoms with Crippen LogP contribution in [-0.4, -0.2) is 40.9 Å². The maximum atomic E-state index is 12.5. The van der Waals surface area contributed by atoms with E-state index in [-0.39, 0.29) is 22.4 Å². The van der Waals surface area contributed by atoms with Crippen molar-refractivity contribution in [2.24, 2.45) is 0 Å². The van der Waals surface area contributed by atoms with Crippen LogP contribution in [0.5, 0.6) is 11.5 Å². The van der Waals surface area contributed by atoms with Crippen LogP contribution in [0, 0.1) is 0 Å². The van der Waals surface area contributed by atoms with E-state index in [4.69, 9.17) is 21.1 Å². The van der Waals surface area contributed by atoms with Crippen LogP contribution in [0.3, 0.4) is 0 Å². The van der Waals surface area contributed by atoms with Crippen molar-refractivity contribution in [1.29, 1.82) is 0 Å². The van der Waals surface area contributed by atoms with Crippen molar-refractivity contribution >= 4 is 11.6 Å². The minimum Gasteiger partial charge on any atom is -0.492 e. The largest absolute Gasteiger partial charge is 0.492 e. The topological polar surface area (TPSA) is 56.6 Å². The third-order valence-corrected chi connectivity index (χ3v) is 5.09. The fraction of sp³-hybridized carbons (Fsp3) is 0.545. The minimum absolute atomic E-state index is 0.0399. The second-order valence-electron chi connectivity index (χ2n) is 7.92. The summed E-state index contributed by atoms with van der Waals surface area (Å²) < 4.78 is 13.1. The molecule has 0 aliphatic heterocycles. The first kappa shape index (κ1) is 23.2. The zero-order valence-electron chi connectivity index (χ0n) is 18.2. The van der Waals surface area contributed by atoms with Gasteiger partial charge in [-0.2, -0.15) is 5.10 Å². The molecule has 0 radical (unpaired) electrons. The molecule has 1 heterocycles. The van der Waals surface area contributed by atoms with Crippen LogP contribution in [0.4, 0.5) is 0 Å². The van der Waals surface area contributed by atoms with Crippen LogP contribution >= 0.6 is 11.6 Å². The Kier molecular flexibility index (Phi) is 8.11. The lowest BCUT2D eigenvalue weighted by Gasteiger charge is -2.22. The molecule has 1 atom stereocenters. The first-order valence-corrected chi connectivity index (χ1v) is 10.4. The number of aromatic nitrogens is 2. The summed E-state index contributed by atoms with van der Waals surface area (Å²) in [6.45, 7) is 15.5. The molecule has 2 aromatic rings. The molecule has 0 N–H and O–H groups in total. The van der Waals surface area contributed by atoms with Crippen molar-refractivity contribution in [3.63, 3.8) is 0 Å². The molecule has 0 aliphatic carbocycles. The Hall–Kier alpha value is -2.05. The third-order valence-electron chi connectivity index (χ3n) is 4.75. The van der Waals surface area contributed by atoms with Gasteiger partial charge >= 0.3 is 0 Å². The predicted octanol–water partition coefficient (Wildman–Crippen LogP) is 4.51. The number of hydrogen-bond donors (Lipinski definition) is 0. The van der Waals surface area contributed by atoms with Gasteiger partial charge in [-0.15, -0.1) is 0 Å². The minimum atomic E-state index is -0.452. The molecule has 6 nitrogen and oxygen atoms in total. The summed E-state index contributed by atoms with van der Waals surface area (Å²) in [4.78, 5) is 14.8. The van der Waals surface area contributed by atoms with Gasteiger partial charge in [0.05, 0.1) is 11.7 Å². The Morgan fingerprint density at radius 2 is 1.79 bits per heavy atom. The second kappa shape index (κ2) is 10.1. The molecular weight excluding hydrogens is 390 g/mol. The van der Waals surface area contributed by atoms with Gasteiger partial charge in [0, 0.05) is 6.54 Å². The third kappa shape index (κ3) is 6.21. The van der Waals surface area contributed by atoms with Gasteiger partial charge in [-0.05, 0) is 58.5 Å². The van der Waals surface area contributed by atoms with E-state index in [0.717, 1.165) is 30.9 Å². The zero-order chi connectivity index (χ0) is 21.6. The van der Waals surface area contributed by atoms with Crippen LogP contribution < -0.4 is 15.0 Å². The first-order valence-electron chi connectivity index (χ1n) is 10.1. The van der Waals surface area contributed by atoms with Crippen LogP contribution in [0.1, 0.15) is 53.2 Å². The Labute approximate surface area is 178 Å². The normalized spacial score (nSPS) is 12.8. The molecule has 0 spiro atoms. The molecular formula is C22H32ClN3O3. The standard InChI is InChI=1S/C22H32ClN3O3/c1-7-25(8-2)13-14-28-18-11-9-17(10-12-18)16(3)29-19-15-24-26(22(4,5)6)21(27)20(19)23/h9-12,15-16H,7-8,13-14H2,1-6H3. The number of hydrogen-bond acceptors (Lipinski definition) is 5. The summed E-state index contributed by atoms with van der Waals surface area (Å²) in [6, 6.07) is 7.76. The molecule has 0 saturated heterocycles. The Morgan fingerprint density at radius 1 is 1.17 bits per heavy atom. The van der Waals surface area contributed by atoms with E-state index in [1.54, 1.807) is 0 Å². The zero-order valence-corrected chi connectivity index (χ0v) is 19.0. The summed E-state index contributed by atoms with van der Waals surface area (Å²) >= 11 is 6.25. The van der Waals surface area contributed by atoms with Gasteiger partial charge in [-0.1, -0.05) is 37.6 Å². The van der Waals surface area contributed by atoms with Crippen molar-refractivity contribution in [2.45, 2.75) is 53.2 Å². The number of likely N-dealkylation sites (N-methyl/N-ethyl adjacent to an activating group) is 1. The molecule has 1 aromatic carbocycles. The molecule has 2 rings (SSSR count). The number of rotatable bonds is 9. The summed E-state index contributed by atoms with van der Waals surface area (Å²) in [5, 5.41) is 4.24. The van der Waals surface area contributed by atoms with Gasteiger partial charge in [0.2, 0.25) is 0 Å². The smallest absolute Gasteiger partial charge is 0.289 e. The highest BCUT2D eigenvalue weighted by atomic mass is 35.5. The lowest BCUT2D eigenvalue weighted by atomic mass is 10.1. The fourth-order valence-electron chi connectivity index (χ4n) is 2.90. The van der Waals surface area contributed by atoms with Crippen molar-refractivity contribution in [2.75, 3.05) is 26.2 Å². The van der Waals surface area contributed by atoms with Gasteiger partial charge in [0.1, 0.15) is 18.5 Å². The van der Waals surface area contributed by atoms with Gasteiger partial charge in [-0.3, -0.25) is 4.79 Å². The van der Waals surface area contributed by atoms with Gasteiger partial charge < -0.3 is 14.4 Å². The van der Waals surface area contributed by atoms with E-state index in [2.05, 4.69) is 23.8 Å². The summed E-state index contributed by atoms with van der Waals surface area (Å²) in [6.07, 6.45) is 1.21. The Bertz CT molecular complexity index is 840. The van der Waals surface area contributed by atoms with E-state index in [0.29, 0.717) is 6.61 Å². The second-order valence-corrected chi connectivity index (χ2v) is 8.29. The molecule has 0 fully saturated rings. The van der Waals surface area contributed by atoms with Crippen molar-refractivity contribution in [1.82, 2.24) is 14.7 Å². The molecule has 0 bridgehead atoms. The summed E-state index contributed by atoms with van der Waals surface area (Å²) in [5.74, 6) is 1.10. The maximum absolute atomic E-state index is 12.5. The SMILES string of the molecule is CCN(CC)CCOc1ccc(C(C)Oc2cnn(C(C)(C)C)c(=O)c2Cl)cc1. The summed E-state index contributed by atoms with van der Waals surface area (Å²) in [5.41, 5.74) is 0.143. The highest BCUT2D eigenvalue weighted by Crippen LogP contribution is 2.27. The Morgan fingerprint density at radius 3 is 2.34 bits per heavy atom. The van der Waals surface area contributed by atoms with Crippen LogP contribution in [0.15, 0.2) is 35.3 Å². The summed E-state index contributed by atoms with van der Waals surface area (Å²) in [7, 11) is 0. The van der Waals surface area contributed by atoms with E-state index >= 15 is 0 Å². The highest BCUT2D eigenvalue weighted by molar-refractivity contribution is 6.31. The molecule has 0 saturated carbocycles. The van der Waals surface area contributed by atoms with E-state index < -0.39 is 5.54 Å². The van der Waals surface area contributed by atoms with Crippen LogP contribution in [-0.2, 0) is 5.54 Å². The molecule has 1 unspecified atom stereocenters. The molecule has 1 aromatic heterocycles. The molecule has 0 amide bonds. The fourth-order valence-corrected chi connectivity index (χ4v) is 3.08. The molecule has 29 heavy (non-hydrogen) atoms. The number of halogens is 1. The van der Waals surface area contributed by atoms with Crippen LogP contribution in [0.25, 0.3) is 0 Å². The lowest BCUT2D eigenvalue weighted by Crippen LogP contribution is -2.36. The molecule has 0 aliphatic rings. The Balaban J connectivity index is 2.02. The van der Waals surface area contributed by atoms with Crippen LogP contribution in [0.2, 0.25) is 5.02 Å². The number of ether oxygens (including phenoxy) is 2. The molecule has 7 heteroatoms. The highest BCUT2D eigenvalue weighted by Gasteiger charge is 2.21. The van der Waals surface area contributed by atoms with E-state index in [1.165, 1.54) is 10.9 Å². The monoisotopic (exact) mass is 421 g/mol. The number of benzene rings is 1. The lowest BCUT2D eigenvalue weighted by molar-refractivity contribution is 0.219. The van der Waals surface area contributed by atoms with Gasteiger partial charge in [0.25, 0.3) is 5.56 Å². The van der Waals surface area contributed by atoms with Gasteiger partial charge in [0.15, 0.2) is 10.8 Å². The molecule has 160 valence electrons. The average Bonchev–Trinajstić information content (AvgIpc) is 2.68. The maximum Gasteiger partial charge on any atom is 0.289 e. The van der Waals surface area contributed by atoms with E-state index in [1.807, 2.05) is 52.0 Å². The first-order chi connectivity index (χ1) is 13.7.